The molecule has 0 fully saturated rings. The molecule has 6 heteroatoms. The van der Waals surface area contributed by atoms with Gasteiger partial charge in [0.1, 0.15) is 17.3 Å². The fourth-order valence-electron chi connectivity index (χ4n) is 12.1. The lowest BCUT2D eigenvalue weighted by molar-refractivity contribution is -0.571. The number of pyridine rings is 1. The fraction of sp³-hybridized carbons (Fsp3) is 0.143. The van der Waals surface area contributed by atoms with E-state index in [0.29, 0.717) is 22.2 Å². The summed E-state index contributed by atoms with van der Waals surface area (Å²) in [4.78, 5) is 4.93. The summed E-state index contributed by atoms with van der Waals surface area (Å²) in [5, 5.41) is -3.34. The van der Waals surface area contributed by atoms with Gasteiger partial charge in [-0.2, -0.15) is 0 Å². The number of imidazole rings is 1. The van der Waals surface area contributed by atoms with Crippen molar-refractivity contribution in [3.05, 3.63) is 307 Å². The van der Waals surface area contributed by atoms with Crippen LogP contribution < -0.4 is 30.1 Å². The Morgan fingerprint density at radius 2 is 1.17 bits per heavy atom. The quantitative estimate of drug-likeness (QED) is 0.0529. The Balaban J connectivity index is 1.05. The van der Waals surface area contributed by atoms with Gasteiger partial charge in [0.2, 0.25) is 0 Å². The summed E-state index contributed by atoms with van der Waals surface area (Å²) in [5.74, 6) is 0.621. The lowest BCUT2D eigenvalue weighted by atomic mass is 9.82. The zero-order valence-corrected chi connectivity index (χ0v) is 49.3. The van der Waals surface area contributed by atoms with Gasteiger partial charge in [-0.3, -0.25) is 13.7 Å². The minimum Gasteiger partial charge on any atom is -0.458 e. The highest BCUT2D eigenvalue weighted by Gasteiger charge is 2.43. The van der Waals surface area contributed by atoms with Gasteiger partial charge in [0.05, 0.1) is 63.6 Å². The molecule has 1 aliphatic carbocycles. The van der Waals surface area contributed by atoms with Crippen LogP contribution in [0.15, 0.2) is 279 Å². The molecule has 14 aromatic rings. The zero-order valence-electron chi connectivity index (χ0n) is 85.3. The smallest absolute Gasteiger partial charge is 0.269 e. The molecule has 0 aliphatic heterocycles. The third kappa shape index (κ3) is 9.60. The minimum absolute atomic E-state index is 0.0152. The lowest BCUT2D eigenvalue weighted by Crippen LogP contribution is -2.74. The average molecular weight is 1220 g/mol. The summed E-state index contributed by atoms with van der Waals surface area (Å²) < 4.78 is 360. The van der Waals surface area contributed by atoms with Crippen LogP contribution in [0.5, 0.6) is 11.5 Å². The van der Waals surface area contributed by atoms with Crippen molar-refractivity contribution in [3.63, 3.8) is 0 Å². The molecule has 0 radical (unpaired) electrons. The SMILES string of the molecule is [2H]c1c([2H])c([2H])c([Si](c2c([2H])c([2H])c([2H])c([2H])c2[2H])(c2c([2H])c([2H])c([2H])c([2H])c2[2H])c2c([2H])c([2H])c([2H])c(-c3cccc(-c4c([2H])c([2H])c5c(c4[2H])C(C([2H])([2H])[2H])(C([2H])([2H])[2H])CC5(C([2H])([2H])[2H])C([2H])([2H])[2H])c3-[n+]3[c-]n(-c4cccc(Oc5ccc6c7ccccc7n(-c7cc(C([2H])([2H])[2H])c(-c8cccc(C(C)(C)C)c8)cn7)c6c5)c4)c4ccccc43)c2[2H])c([2H])c1[2H]. The topological polar surface area (TPSA) is 35.9 Å². The molecule has 5 nitrogen and oxygen atoms in total. The van der Waals surface area contributed by atoms with E-state index >= 15 is 0 Å². The van der Waals surface area contributed by atoms with Gasteiger partial charge in [-0.1, -0.05) is 272 Å². The van der Waals surface area contributed by atoms with Gasteiger partial charge in [-0.05, 0) is 143 Å². The van der Waals surface area contributed by atoms with Crippen molar-refractivity contribution in [2.75, 3.05) is 0 Å². The van der Waals surface area contributed by atoms with Gasteiger partial charge in [-0.25, -0.2) is 4.98 Å². The normalized spacial score (nSPS) is 20.3. The van der Waals surface area contributed by atoms with E-state index in [9.17, 15) is 26.0 Å². The maximum Gasteiger partial charge on any atom is 0.269 e. The molecule has 3 heterocycles. The van der Waals surface area contributed by atoms with Crippen LogP contribution in [0, 0.1) is 13.2 Å². The third-order valence-electron chi connectivity index (χ3n) is 16.3. The summed E-state index contributed by atoms with van der Waals surface area (Å²) in [7, 11) is -6.64. The molecule has 1 aliphatic rings. The van der Waals surface area contributed by atoms with Crippen molar-refractivity contribution in [1.29, 1.82) is 0 Å². The van der Waals surface area contributed by atoms with Gasteiger partial charge in [-0.15, -0.1) is 0 Å². The minimum atomic E-state index is -6.64. The van der Waals surface area contributed by atoms with Crippen LogP contribution in [0.2, 0.25) is 0 Å². The van der Waals surface area contributed by atoms with E-state index in [1.54, 1.807) is 48.5 Å². The predicted molar refractivity (Wildman–Crippen MR) is 376 cm³/mol. The molecule has 90 heavy (non-hydrogen) atoms. The predicted octanol–water partition coefficient (Wildman–Crippen LogP) is 17.9. The molecular weight excluding hydrogens is 1110 g/mol. The van der Waals surface area contributed by atoms with Crippen LogP contribution in [0.3, 0.4) is 0 Å². The van der Waals surface area contributed by atoms with E-state index in [-0.39, 0.29) is 45.0 Å². The number of nitrogens with zero attached hydrogens (tertiary/aromatic N) is 4. The number of benzene rings is 11. The number of rotatable bonds is 12. The van der Waals surface area contributed by atoms with Crippen LogP contribution in [0.1, 0.15) is 128 Å². The fourth-order valence-corrected chi connectivity index (χ4v) is 15.7. The van der Waals surface area contributed by atoms with E-state index in [4.69, 9.17) is 34.4 Å². The molecule has 0 saturated heterocycles. The molecule has 0 spiro atoms. The summed E-state index contributed by atoms with van der Waals surface area (Å²) in [6.07, 6.45) is 2.97. The Morgan fingerprint density at radius 1 is 0.533 bits per heavy atom. The second-order valence-electron chi connectivity index (χ2n) is 23.0. The second kappa shape index (κ2) is 21.9. The summed E-state index contributed by atoms with van der Waals surface area (Å²) >= 11 is 0. The molecule has 0 atom stereocenters. The van der Waals surface area contributed by atoms with Gasteiger partial charge in [0.15, 0.2) is 8.07 Å². The Labute approximate surface area is 581 Å². The first-order valence-electron chi connectivity index (χ1n) is 47.0. The van der Waals surface area contributed by atoms with E-state index < -0.39 is 252 Å². The molecule has 3 aromatic heterocycles. The Morgan fingerprint density at radius 3 is 1.88 bits per heavy atom. The highest BCUT2D eigenvalue weighted by molar-refractivity contribution is 7.19. The number of aromatic nitrogens is 4. The molecule has 0 N–H and O–H groups in total. The van der Waals surface area contributed by atoms with Crippen molar-refractivity contribution >= 4 is 61.7 Å². The van der Waals surface area contributed by atoms with E-state index in [1.807, 2.05) is 79.9 Å². The number of hydrogen-bond acceptors (Lipinski definition) is 2. The average Bonchev–Trinajstić information content (AvgIpc) is 1.50. The van der Waals surface area contributed by atoms with Crippen LogP contribution in [0.4, 0.5) is 0 Å². The standard InChI is InChI=1S/C84H72N4OSi/c1-57-48-80(85-54-73(57)58-26-22-28-61(49-58)82(2,3)4)88-76-41-19-18-38-71(76)72-46-45-64(53-79(72)88)89-63-30-24-29-62(52-63)86-56-87(78-43-21-20-42-77(78)86)81-69(39-25-40-70(81)60-44-47-74-75(51-60)84(7,8)55-83(74,5)6)59-27-23-37-68(50-59)90(65-31-12-9-13-32-65,66-33-14-10-15-34-66)67-35-16-11-17-36-67/h9-54H,55H2,1-8H3/i1D3,5D3,6D3,7D3,8D3,9D,10D,11D,12D,13D,14D,15D,16D,17D,23D,27D,31D,32D,33D,34D,35D,36D,37D,44D,47D,50D,51D. The van der Waals surface area contributed by atoms with Crippen molar-refractivity contribution < 1.29 is 60.0 Å². The first kappa shape index (κ1) is 29.0. The highest BCUT2D eigenvalue weighted by atomic mass is 28.3. The molecule has 11 aromatic carbocycles. The van der Waals surface area contributed by atoms with E-state index in [2.05, 4.69) is 6.33 Å². The van der Waals surface area contributed by atoms with Crippen LogP contribution in [0.25, 0.3) is 83.4 Å². The number of aryl methyl sites for hydroxylation is 1. The van der Waals surface area contributed by atoms with Crippen molar-refractivity contribution in [2.45, 2.75) is 77.7 Å². The Bertz CT molecular complexity index is 6770. The monoisotopic (exact) mass is 1220 g/mol. The van der Waals surface area contributed by atoms with Crippen molar-refractivity contribution in [3.8, 4) is 62.1 Å². The highest BCUT2D eigenvalue weighted by Crippen LogP contribution is 2.51. The van der Waals surface area contributed by atoms with Crippen LogP contribution in [-0.2, 0) is 16.2 Å². The third-order valence-corrected chi connectivity index (χ3v) is 20.3. The molecule has 0 unspecified atom stereocenters. The van der Waals surface area contributed by atoms with Crippen LogP contribution >= 0.6 is 0 Å². The number of fused-ring (bicyclic) bond motifs is 5. The van der Waals surface area contributed by atoms with E-state index in [0.717, 1.165) is 39.1 Å². The Kier molecular flexibility index (Phi) is 7.05. The maximum absolute atomic E-state index is 11.0. The van der Waals surface area contributed by atoms with Crippen molar-refractivity contribution in [2.24, 2.45) is 0 Å². The van der Waals surface area contributed by atoms with Gasteiger partial charge in [0, 0.05) is 49.2 Å². The molecule has 438 valence electrons. The summed E-state index contributed by atoms with van der Waals surface area (Å²) in [5.41, 5.74) is -10.5. The largest absolute Gasteiger partial charge is 0.458 e. The first-order chi connectivity index (χ1) is 59.0. The zero-order chi connectivity index (χ0) is 93.2. The summed E-state index contributed by atoms with van der Waals surface area (Å²) in [6, 6.07) is 9.44. The number of para-hydroxylation sites is 4. The molecular formula is C84H72N4OSi. The first-order valence-corrected chi connectivity index (χ1v) is 30.5. The summed E-state index contributed by atoms with van der Waals surface area (Å²) in [6.45, 7) is -12.4. The number of hydrogen-bond donors (Lipinski definition) is 0. The number of ether oxygens (including phenoxy) is 1. The van der Waals surface area contributed by atoms with E-state index in [1.165, 1.54) is 29.0 Å². The molecule has 15 rings (SSSR count). The van der Waals surface area contributed by atoms with Gasteiger partial charge in [0.25, 0.3) is 6.33 Å². The van der Waals surface area contributed by atoms with Gasteiger partial charge >= 0.3 is 0 Å². The lowest BCUT2D eigenvalue weighted by Gasteiger charge is -2.34. The molecule has 0 bridgehead atoms. The Hall–Kier alpha value is -10.1. The van der Waals surface area contributed by atoms with Crippen molar-refractivity contribution in [1.82, 2.24) is 14.1 Å². The van der Waals surface area contributed by atoms with Crippen LogP contribution in [-0.4, -0.2) is 22.2 Å². The second-order valence-corrected chi connectivity index (χ2v) is 26.5. The molecule has 0 saturated carbocycles. The molecule has 0 amide bonds. The van der Waals surface area contributed by atoms with Gasteiger partial charge < -0.3 is 4.74 Å². The maximum atomic E-state index is 11.0.